The van der Waals surface area contributed by atoms with E-state index in [4.69, 9.17) is 18.9 Å². The van der Waals surface area contributed by atoms with Gasteiger partial charge in [0.05, 0.1) is 7.11 Å². The second-order valence-corrected chi connectivity index (χ2v) is 4.09. The smallest absolute Gasteiger partial charge is 0.345 e. The van der Waals surface area contributed by atoms with Gasteiger partial charge in [0, 0.05) is 12.1 Å². The first-order chi connectivity index (χ1) is 10.7. The van der Waals surface area contributed by atoms with Crippen LogP contribution in [0.15, 0.2) is 50.1 Å². The lowest BCUT2D eigenvalue weighted by Gasteiger charge is -2.16. The molecule has 1 aromatic rings. The number of hydrogen-bond donors (Lipinski definition) is 0. The van der Waals surface area contributed by atoms with Crippen LogP contribution in [-0.4, -0.2) is 32.9 Å². The Bertz CT molecular complexity index is 515. The Kier molecular flexibility index (Phi) is 7.33. The van der Waals surface area contributed by atoms with E-state index in [1.54, 1.807) is 30.4 Å². The summed E-state index contributed by atoms with van der Waals surface area (Å²) < 4.78 is 21.3. The van der Waals surface area contributed by atoms with Crippen molar-refractivity contribution in [3.8, 4) is 17.2 Å². The Morgan fingerprint density at radius 1 is 0.955 bits per heavy atom. The van der Waals surface area contributed by atoms with Crippen molar-refractivity contribution in [2.24, 2.45) is 0 Å². The highest BCUT2D eigenvalue weighted by Crippen LogP contribution is 2.35. The topological polar surface area (TPSA) is 54.0 Å². The van der Waals surface area contributed by atoms with E-state index in [-0.39, 0.29) is 18.8 Å². The molecular formula is C17H20O5. The van der Waals surface area contributed by atoms with Crippen LogP contribution in [0.5, 0.6) is 17.2 Å². The van der Waals surface area contributed by atoms with E-state index in [1.807, 2.05) is 0 Å². The van der Waals surface area contributed by atoms with Crippen LogP contribution < -0.4 is 14.2 Å². The van der Waals surface area contributed by atoms with Gasteiger partial charge in [-0.1, -0.05) is 38.0 Å². The molecule has 1 rings (SSSR count). The van der Waals surface area contributed by atoms with Crippen LogP contribution in [0.25, 0.3) is 0 Å². The molecule has 0 aliphatic rings. The minimum atomic E-state index is -0.562. The van der Waals surface area contributed by atoms with Crippen LogP contribution in [0, 0.1) is 0 Å². The quantitative estimate of drug-likeness (QED) is 0.491. The zero-order valence-corrected chi connectivity index (χ0v) is 12.7. The number of carbonyl (C=O) groups is 1. The van der Waals surface area contributed by atoms with Crippen molar-refractivity contribution in [3.05, 3.63) is 55.7 Å². The fourth-order valence-corrected chi connectivity index (χ4v) is 1.63. The normalized spacial score (nSPS) is 9.50. The third-order valence-electron chi connectivity index (χ3n) is 2.51. The minimum Gasteiger partial charge on any atom is -0.489 e. The number of ether oxygens (including phenoxy) is 4. The average Bonchev–Trinajstić information content (AvgIpc) is 2.55. The second kappa shape index (κ2) is 9.28. The Morgan fingerprint density at radius 3 is 1.82 bits per heavy atom. The number of esters is 1. The largest absolute Gasteiger partial charge is 0.489 e. The molecule has 0 unspecified atom stereocenters. The molecular weight excluding hydrogens is 284 g/mol. The molecule has 1 aromatic carbocycles. The number of benzene rings is 1. The molecule has 0 fully saturated rings. The molecule has 22 heavy (non-hydrogen) atoms. The van der Waals surface area contributed by atoms with Crippen LogP contribution >= 0.6 is 0 Å². The van der Waals surface area contributed by atoms with Crippen LogP contribution in [0.1, 0.15) is 10.4 Å². The van der Waals surface area contributed by atoms with E-state index in [0.717, 1.165) is 0 Å². The Hall–Kier alpha value is -2.69. The van der Waals surface area contributed by atoms with E-state index < -0.39 is 5.97 Å². The summed E-state index contributed by atoms with van der Waals surface area (Å²) in [6, 6.07) is 3.19. The van der Waals surface area contributed by atoms with Crippen molar-refractivity contribution in [3.63, 3.8) is 0 Å². The first-order valence-electron chi connectivity index (χ1n) is 6.65. The number of rotatable bonds is 10. The molecule has 0 amide bonds. The van der Waals surface area contributed by atoms with Crippen molar-refractivity contribution in [2.45, 2.75) is 0 Å². The van der Waals surface area contributed by atoms with Crippen molar-refractivity contribution in [2.75, 3.05) is 26.9 Å². The van der Waals surface area contributed by atoms with Gasteiger partial charge >= 0.3 is 5.97 Å². The number of methoxy groups -OCH3 is 1. The van der Waals surface area contributed by atoms with Crippen LogP contribution in [0.3, 0.4) is 0 Å². The third-order valence-corrected chi connectivity index (χ3v) is 2.51. The fraction of sp³-hybridized carbons (Fsp3) is 0.235. The summed E-state index contributed by atoms with van der Waals surface area (Å²) in [4.78, 5) is 12.0. The first-order valence-corrected chi connectivity index (χ1v) is 6.65. The summed E-state index contributed by atoms with van der Waals surface area (Å²) in [5.74, 6) is 0.527. The maximum atomic E-state index is 12.0. The summed E-state index contributed by atoms with van der Waals surface area (Å²) in [7, 11) is 1.29. The van der Waals surface area contributed by atoms with Gasteiger partial charge in [-0.25, -0.2) is 4.79 Å². The molecule has 5 nitrogen and oxygen atoms in total. The van der Waals surface area contributed by atoms with Gasteiger partial charge in [0.15, 0.2) is 0 Å². The lowest BCUT2D eigenvalue weighted by Crippen LogP contribution is -2.10. The van der Waals surface area contributed by atoms with Gasteiger partial charge in [-0.3, -0.25) is 0 Å². The fourth-order valence-electron chi connectivity index (χ4n) is 1.63. The van der Waals surface area contributed by atoms with Gasteiger partial charge in [-0.15, -0.1) is 0 Å². The van der Waals surface area contributed by atoms with Gasteiger partial charge in [0.25, 0.3) is 0 Å². The highest BCUT2D eigenvalue weighted by molar-refractivity contribution is 5.96. The predicted molar refractivity (Wildman–Crippen MR) is 84.9 cm³/mol. The molecule has 118 valence electrons. The summed E-state index contributed by atoms with van der Waals surface area (Å²) in [6.45, 7) is 11.5. The molecule has 0 saturated heterocycles. The molecule has 0 N–H and O–H groups in total. The standard InChI is InChI=1S/C17H20O5/c1-5-8-20-13-11-14(21-9-6-2)16(17(18)19-4)15(12-13)22-10-7-3/h5-7,11-12H,1-3,8-10H2,4H3. The molecule has 0 spiro atoms. The lowest BCUT2D eigenvalue weighted by atomic mass is 10.1. The zero-order chi connectivity index (χ0) is 16.4. The number of hydrogen-bond acceptors (Lipinski definition) is 5. The van der Waals surface area contributed by atoms with E-state index >= 15 is 0 Å². The predicted octanol–water partition coefficient (Wildman–Crippen LogP) is 3.17. The van der Waals surface area contributed by atoms with E-state index in [1.165, 1.54) is 7.11 Å². The highest BCUT2D eigenvalue weighted by Gasteiger charge is 2.21. The summed E-state index contributed by atoms with van der Waals surface area (Å²) >= 11 is 0. The van der Waals surface area contributed by atoms with E-state index in [9.17, 15) is 4.79 Å². The van der Waals surface area contributed by atoms with Crippen LogP contribution in [-0.2, 0) is 4.74 Å². The SMILES string of the molecule is C=CCOc1cc(OCC=C)c(C(=O)OC)c(OCC=C)c1. The van der Waals surface area contributed by atoms with Crippen molar-refractivity contribution in [1.82, 2.24) is 0 Å². The Balaban J connectivity index is 3.30. The minimum absolute atomic E-state index is 0.192. The maximum Gasteiger partial charge on any atom is 0.345 e. The maximum absolute atomic E-state index is 12.0. The van der Waals surface area contributed by atoms with Gasteiger partial charge < -0.3 is 18.9 Å². The van der Waals surface area contributed by atoms with Crippen molar-refractivity contribution in [1.29, 1.82) is 0 Å². The molecule has 0 aliphatic carbocycles. The zero-order valence-electron chi connectivity index (χ0n) is 12.7. The molecule has 0 aromatic heterocycles. The average molecular weight is 304 g/mol. The Morgan fingerprint density at radius 2 is 1.41 bits per heavy atom. The molecule has 0 aliphatic heterocycles. The second-order valence-electron chi connectivity index (χ2n) is 4.09. The summed E-state index contributed by atoms with van der Waals surface area (Å²) in [5.41, 5.74) is 0.192. The van der Waals surface area contributed by atoms with Gasteiger partial charge in [-0.2, -0.15) is 0 Å². The van der Waals surface area contributed by atoms with Crippen molar-refractivity contribution >= 4 is 5.97 Å². The van der Waals surface area contributed by atoms with Crippen LogP contribution in [0.4, 0.5) is 0 Å². The lowest BCUT2D eigenvalue weighted by molar-refractivity contribution is 0.0592. The van der Waals surface area contributed by atoms with E-state index in [0.29, 0.717) is 23.9 Å². The molecule has 0 saturated carbocycles. The monoisotopic (exact) mass is 304 g/mol. The summed E-state index contributed by atoms with van der Waals surface area (Å²) in [5, 5.41) is 0. The van der Waals surface area contributed by atoms with E-state index in [2.05, 4.69) is 19.7 Å². The van der Waals surface area contributed by atoms with Crippen molar-refractivity contribution < 1.29 is 23.7 Å². The van der Waals surface area contributed by atoms with Crippen LogP contribution in [0.2, 0.25) is 0 Å². The molecule has 5 heteroatoms. The third kappa shape index (κ3) is 4.70. The molecule has 0 bridgehead atoms. The Labute approximate surface area is 130 Å². The molecule has 0 radical (unpaired) electrons. The first kappa shape index (κ1) is 17.4. The summed E-state index contributed by atoms with van der Waals surface area (Å²) in [6.07, 6.45) is 4.76. The number of carbonyl (C=O) groups excluding carboxylic acids is 1. The highest BCUT2D eigenvalue weighted by atomic mass is 16.5. The van der Waals surface area contributed by atoms with Gasteiger partial charge in [-0.05, 0) is 0 Å². The van der Waals surface area contributed by atoms with Gasteiger partial charge in [0.2, 0.25) is 0 Å². The molecule has 0 heterocycles. The molecule has 0 atom stereocenters. The van der Waals surface area contributed by atoms with Gasteiger partial charge in [0.1, 0.15) is 42.6 Å².